The number of carboxylic acid groups (broad SMARTS) is 1. The molecule has 4 heteroatoms. The predicted octanol–water partition coefficient (Wildman–Crippen LogP) is 0.899. The summed E-state index contributed by atoms with van der Waals surface area (Å²) in [6.45, 7) is 0. The van der Waals surface area contributed by atoms with Crippen molar-refractivity contribution >= 4 is 11.7 Å². The molecule has 0 spiro atoms. The molecule has 94 valence electrons. The Morgan fingerprint density at radius 3 is 3.06 bits per heavy atom. The second-order valence-electron chi connectivity index (χ2n) is 4.75. The number of anilines is 1. The lowest BCUT2D eigenvalue weighted by Crippen LogP contribution is -2.48. The summed E-state index contributed by atoms with van der Waals surface area (Å²) in [7, 11) is 1.63. The lowest BCUT2D eigenvalue weighted by molar-refractivity contribution is -0.308. The molecule has 0 saturated heterocycles. The van der Waals surface area contributed by atoms with Crippen LogP contribution in [-0.4, -0.2) is 19.1 Å². The fourth-order valence-electron chi connectivity index (χ4n) is 2.93. The summed E-state index contributed by atoms with van der Waals surface area (Å²) in [5.74, 6) is -0.0643. The van der Waals surface area contributed by atoms with Crippen molar-refractivity contribution in [3.63, 3.8) is 0 Å². The van der Waals surface area contributed by atoms with Crippen LogP contribution in [0.3, 0.4) is 0 Å². The van der Waals surface area contributed by atoms with Crippen molar-refractivity contribution in [3.8, 4) is 5.75 Å². The molecule has 1 aromatic rings. The number of benzene rings is 1. The van der Waals surface area contributed by atoms with Crippen LogP contribution in [0.25, 0.3) is 0 Å². The molecule has 1 aliphatic heterocycles. The maximum Gasteiger partial charge on any atom is 0.119 e. The lowest BCUT2D eigenvalue weighted by atomic mass is 9.79. The Labute approximate surface area is 105 Å². The Balaban J connectivity index is 2.06. The number of ether oxygens (including phenoxy) is 1. The normalized spacial score (nSPS) is 28.2. The first kappa shape index (κ1) is 11.1. The Morgan fingerprint density at radius 1 is 1.50 bits per heavy atom. The Bertz CT molecular complexity index is 524. The van der Waals surface area contributed by atoms with Crippen LogP contribution < -0.4 is 15.2 Å². The van der Waals surface area contributed by atoms with Gasteiger partial charge in [-0.1, -0.05) is 12.2 Å². The van der Waals surface area contributed by atoms with E-state index in [0.29, 0.717) is 0 Å². The van der Waals surface area contributed by atoms with Crippen LogP contribution in [0.2, 0.25) is 0 Å². The lowest BCUT2D eigenvalue weighted by Gasteiger charge is -2.37. The molecule has 4 nitrogen and oxygen atoms in total. The first-order valence-corrected chi connectivity index (χ1v) is 6.02. The number of carbonyl (C=O) groups excluding carboxylic acids is 1. The number of carbonyl (C=O) groups is 1. The van der Waals surface area contributed by atoms with E-state index in [0.717, 1.165) is 23.4 Å². The summed E-state index contributed by atoms with van der Waals surface area (Å²) in [6.07, 6.45) is 4.90. The second kappa shape index (κ2) is 4.05. The molecule has 0 aromatic heterocycles. The van der Waals surface area contributed by atoms with Gasteiger partial charge in [0.1, 0.15) is 5.75 Å². The molecule has 3 atom stereocenters. The topological polar surface area (TPSA) is 61.4 Å². The van der Waals surface area contributed by atoms with Gasteiger partial charge in [0.2, 0.25) is 0 Å². The molecule has 0 fully saturated rings. The number of hydrogen-bond acceptors (Lipinski definition) is 4. The van der Waals surface area contributed by atoms with Gasteiger partial charge in [-0.05, 0) is 36.1 Å². The second-order valence-corrected chi connectivity index (χ2v) is 4.75. The van der Waals surface area contributed by atoms with Crippen LogP contribution in [0.15, 0.2) is 30.4 Å². The van der Waals surface area contributed by atoms with Crippen molar-refractivity contribution in [1.82, 2.24) is 0 Å². The van der Waals surface area contributed by atoms with Gasteiger partial charge in [0, 0.05) is 11.6 Å². The number of rotatable bonds is 2. The molecule has 0 radical (unpaired) electrons. The molecule has 0 saturated carbocycles. The van der Waals surface area contributed by atoms with E-state index in [1.165, 1.54) is 0 Å². The fourth-order valence-corrected chi connectivity index (χ4v) is 2.93. The third kappa shape index (κ3) is 1.56. The quantitative estimate of drug-likeness (QED) is 0.785. The molecule has 1 N–H and O–H groups in total. The van der Waals surface area contributed by atoms with Crippen LogP contribution in [0.1, 0.15) is 17.9 Å². The smallest absolute Gasteiger partial charge is 0.119 e. The predicted molar refractivity (Wildman–Crippen MR) is 65.4 cm³/mol. The summed E-state index contributed by atoms with van der Waals surface area (Å²) >= 11 is 0. The maximum atomic E-state index is 11.2. The molecular weight excluding hydrogens is 230 g/mol. The van der Waals surface area contributed by atoms with Gasteiger partial charge in [-0.25, -0.2) is 0 Å². The largest absolute Gasteiger partial charge is 0.548 e. The highest BCUT2D eigenvalue weighted by Gasteiger charge is 2.37. The minimum absolute atomic E-state index is 0.0367. The maximum absolute atomic E-state index is 11.2. The number of carboxylic acids is 1. The first-order valence-electron chi connectivity index (χ1n) is 6.02. The fraction of sp³-hybridized carbons (Fsp3) is 0.357. The Morgan fingerprint density at radius 2 is 2.33 bits per heavy atom. The molecule has 1 heterocycles. The van der Waals surface area contributed by atoms with Crippen molar-refractivity contribution in [2.45, 2.75) is 18.4 Å². The van der Waals surface area contributed by atoms with Gasteiger partial charge < -0.3 is 20.0 Å². The summed E-state index contributed by atoms with van der Waals surface area (Å²) < 4.78 is 5.22. The van der Waals surface area contributed by atoms with Crippen molar-refractivity contribution in [1.29, 1.82) is 0 Å². The third-order valence-corrected chi connectivity index (χ3v) is 3.82. The summed E-state index contributed by atoms with van der Waals surface area (Å²) in [6, 6.07) is 5.05. The van der Waals surface area contributed by atoms with Crippen molar-refractivity contribution < 1.29 is 14.6 Å². The average Bonchev–Trinajstić information content (AvgIpc) is 2.86. The summed E-state index contributed by atoms with van der Waals surface area (Å²) in [5.41, 5.74) is 1.96. The molecule has 0 amide bonds. The summed E-state index contributed by atoms with van der Waals surface area (Å²) in [4.78, 5) is 11.2. The Hall–Kier alpha value is -1.97. The first-order chi connectivity index (χ1) is 8.70. The van der Waals surface area contributed by atoms with Gasteiger partial charge in [0.05, 0.1) is 19.1 Å². The van der Waals surface area contributed by atoms with Crippen molar-refractivity contribution in [3.05, 3.63) is 35.9 Å². The van der Waals surface area contributed by atoms with Crippen LogP contribution in [-0.2, 0) is 4.79 Å². The monoisotopic (exact) mass is 244 g/mol. The van der Waals surface area contributed by atoms with E-state index < -0.39 is 12.0 Å². The number of aliphatic carboxylic acids is 1. The molecule has 1 aromatic carbocycles. The highest BCUT2D eigenvalue weighted by atomic mass is 16.5. The molecule has 1 aliphatic carbocycles. The molecule has 0 unspecified atom stereocenters. The van der Waals surface area contributed by atoms with E-state index in [1.54, 1.807) is 7.11 Å². The van der Waals surface area contributed by atoms with Crippen molar-refractivity contribution in [2.75, 3.05) is 12.4 Å². The molecule has 0 bridgehead atoms. The molecular formula is C14H14NO3-. The highest BCUT2D eigenvalue weighted by Crippen LogP contribution is 2.45. The number of hydrogen-bond donors (Lipinski definition) is 1. The molecule has 3 rings (SSSR count). The third-order valence-electron chi connectivity index (χ3n) is 3.82. The van der Waals surface area contributed by atoms with Crippen LogP contribution in [0.4, 0.5) is 5.69 Å². The number of fused-ring (bicyclic) bond motifs is 3. The summed E-state index contributed by atoms with van der Waals surface area (Å²) in [5, 5.41) is 14.3. The number of methoxy groups -OCH3 is 1. The SMILES string of the molecule is COc1ccc2c(c1)[C@H]1C=CC[C@@H]1[C@H](C(=O)[O-])N2. The minimum Gasteiger partial charge on any atom is -0.548 e. The van der Waals surface area contributed by atoms with E-state index in [9.17, 15) is 9.90 Å². The van der Waals surface area contributed by atoms with Crippen LogP contribution in [0, 0.1) is 5.92 Å². The zero-order valence-corrected chi connectivity index (χ0v) is 10.1. The zero-order chi connectivity index (χ0) is 12.7. The van der Waals surface area contributed by atoms with Gasteiger partial charge in [-0.2, -0.15) is 0 Å². The van der Waals surface area contributed by atoms with Crippen LogP contribution >= 0.6 is 0 Å². The Kier molecular flexibility index (Phi) is 2.51. The molecule has 2 aliphatic rings. The van der Waals surface area contributed by atoms with Gasteiger partial charge in [-0.3, -0.25) is 0 Å². The minimum atomic E-state index is -1.03. The van der Waals surface area contributed by atoms with E-state index >= 15 is 0 Å². The van der Waals surface area contributed by atoms with E-state index in [4.69, 9.17) is 4.74 Å². The van der Waals surface area contributed by atoms with Gasteiger partial charge >= 0.3 is 0 Å². The van der Waals surface area contributed by atoms with Crippen LogP contribution in [0.5, 0.6) is 5.75 Å². The van der Waals surface area contributed by atoms with Crippen molar-refractivity contribution in [2.24, 2.45) is 5.92 Å². The van der Waals surface area contributed by atoms with E-state index in [-0.39, 0.29) is 11.8 Å². The number of nitrogens with one attached hydrogen (secondary N) is 1. The zero-order valence-electron chi connectivity index (χ0n) is 10.1. The van der Waals surface area contributed by atoms with E-state index in [1.807, 2.05) is 24.3 Å². The van der Waals surface area contributed by atoms with Gasteiger partial charge in [0.25, 0.3) is 0 Å². The number of allylic oxidation sites excluding steroid dienone is 2. The average molecular weight is 244 g/mol. The standard InChI is InChI=1S/C14H15NO3/c1-18-8-5-6-12-11(7-8)9-3-2-4-10(9)13(15-12)14(16)17/h2-3,5-7,9-10,13,15H,4H2,1H3,(H,16,17)/p-1/t9-,10-,13+/m0/s1. The van der Waals surface area contributed by atoms with E-state index in [2.05, 4.69) is 11.4 Å². The van der Waals surface area contributed by atoms with Gasteiger partial charge in [-0.15, -0.1) is 0 Å². The van der Waals surface area contributed by atoms with Gasteiger partial charge in [0.15, 0.2) is 0 Å². The highest BCUT2D eigenvalue weighted by molar-refractivity contribution is 5.79. The molecule has 18 heavy (non-hydrogen) atoms.